The van der Waals surface area contributed by atoms with Crippen LogP contribution in [0.1, 0.15) is 24.1 Å². The zero-order chi connectivity index (χ0) is 13.0. The number of hydrogen-bond donors (Lipinski definition) is 2. The molecule has 1 atom stereocenters. The number of aryl methyl sites for hydroxylation is 1. The number of aliphatic hydroxyl groups excluding tert-OH is 1. The standard InChI is InChI=1S/C13H23N3O2/c1-10-12(6-15-16(10)2)5-14-7-13(17)9-18-8-11-3-4-11/h6,11,13-14,17H,3-5,7-9H2,1-2H3. The maximum atomic E-state index is 9.73. The number of hydrogen-bond acceptors (Lipinski definition) is 4. The molecule has 0 amide bonds. The molecule has 2 N–H and O–H groups in total. The first-order chi connectivity index (χ1) is 8.66. The fourth-order valence-corrected chi connectivity index (χ4v) is 1.81. The summed E-state index contributed by atoms with van der Waals surface area (Å²) in [7, 11) is 1.93. The van der Waals surface area contributed by atoms with E-state index in [-0.39, 0.29) is 0 Å². The first-order valence-electron chi connectivity index (χ1n) is 6.61. The lowest BCUT2D eigenvalue weighted by Gasteiger charge is -2.12. The second-order valence-electron chi connectivity index (χ2n) is 5.14. The zero-order valence-electron chi connectivity index (χ0n) is 11.2. The molecule has 0 aliphatic heterocycles. The number of aliphatic hydroxyl groups is 1. The van der Waals surface area contributed by atoms with Crippen LogP contribution in [-0.4, -0.2) is 40.7 Å². The second-order valence-corrected chi connectivity index (χ2v) is 5.14. The van der Waals surface area contributed by atoms with Crippen molar-refractivity contribution in [3.8, 4) is 0 Å². The third-order valence-corrected chi connectivity index (χ3v) is 3.39. The molecule has 1 aliphatic carbocycles. The summed E-state index contributed by atoms with van der Waals surface area (Å²) < 4.78 is 7.30. The Balaban J connectivity index is 1.57. The molecule has 5 nitrogen and oxygen atoms in total. The van der Waals surface area contributed by atoms with Gasteiger partial charge in [0.1, 0.15) is 0 Å². The van der Waals surface area contributed by atoms with Crippen LogP contribution in [0.3, 0.4) is 0 Å². The molecule has 2 rings (SSSR count). The summed E-state index contributed by atoms with van der Waals surface area (Å²) in [5.74, 6) is 0.753. The number of ether oxygens (including phenoxy) is 1. The molecule has 102 valence electrons. The summed E-state index contributed by atoms with van der Waals surface area (Å²) >= 11 is 0. The molecule has 1 aromatic rings. The molecule has 1 aromatic heterocycles. The summed E-state index contributed by atoms with van der Waals surface area (Å²) in [5, 5.41) is 17.1. The van der Waals surface area contributed by atoms with Crippen LogP contribution < -0.4 is 5.32 Å². The Morgan fingerprint density at radius 1 is 1.61 bits per heavy atom. The third-order valence-electron chi connectivity index (χ3n) is 3.39. The van der Waals surface area contributed by atoms with Crippen LogP contribution in [-0.2, 0) is 18.3 Å². The van der Waals surface area contributed by atoms with E-state index < -0.39 is 6.10 Å². The molecular weight excluding hydrogens is 230 g/mol. The Bertz CT molecular complexity index is 374. The van der Waals surface area contributed by atoms with Crippen molar-refractivity contribution >= 4 is 0 Å². The number of aromatic nitrogens is 2. The molecule has 0 radical (unpaired) electrons. The second kappa shape index (κ2) is 6.31. The van der Waals surface area contributed by atoms with Gasteiger partial charge in [-0.25, -0.2) is 0 Å². The normalized spacial score (nSPS) is 17.1. The SMILES string of the molecule is Cc1c(CNCC(O)COCC2CC2)cnn1C. The topological polar surface area (TPSA) is 59.3 Å². The molecule has 0 bridgehead atoms. The summed E-state index contributed by atoms with van der Waals surface area (Å²) in [4.78, 5) is 0. The van der Waals surface area contributed by atoms with E-state index in [0.717, 1.165) is 24.8 Å². The first kappa shape index (κ1) is 13.5. The van der Waals surface area contributed by atoms with E-state index in [1.165, 1.54) is 18.4 Å². The molecule has 1 fully saturated rings. The van der Waals surface area contributed by atoms with Gasteiger partial charge in [-0.2, -0.15) is 5.10 Å². The van der Waals surface area contributed by atoms with Gasteiger partial charge in [-0.05, 0) is 25.7 Å². The van der Waals surface area contributed by atoms with Crippen LogP contribution in [0.25, 0.3) is 0 Å². The first-order valence-corrected chi connectivity index (χ1v) is 6.61. The van der Waals surface area contributed by atoms with Crippen molar-refractivity contribution in [2.75, 3.05) is 19.8 Å². The van der Waals surface area contributed by atoms with Crippen LogP contribution in [0.2, 0.25) is 0 Å². The Hall–Kier alpha value is -0.910. The van der Waals surface area contributed by atoms with Gasteiger partial charge in [-0.15, -0.1) is 0 Å². The molecule has 0 spiro atoms. The van der Waals surface area contributed by atoms with Crippen LogP contribution in [0.4, 0.5) is 0 Å². The van der Waals surface area contributed by atoms with Crippen LogP contribution in [0, 0.1) is 12.8 Å². The van der Waals surface area contributed by atoms with E-state index >= 15 is 0 Å². The zero-order valence-corrected chi connectivity index (χ0v) is 11.2. The fourth-order valence-electron chi connectivity index (χ4n) is 1.81. The van der Waals surface area contributed by atoms with Gasteiger partial charge < -0.3 is 15.2 Å². The molecule has 1 heterocycles. The average Bonchev–Trinajstić information content (AvgIpc) is 3.11. The summed E-state index contributed by atoms with van der Waals surface area (Å²) in [6, 6.07) is 0. The van der Waals surface area contributed by atoms with Crippen molar-refractivity contribution in [2.45, 2.75) is 32.4 Å². The van der Waals surface area contributed by atoms with Crippen LogP contribution in [0.15, 0.2) is 6.20 Å². The number of rotatable bonds is 8. The van der Waals surface area contributed by atoms with Gasteiger partial charge in [0, 0.05) is 38.0 Å². The van der Waals surface area contributed by atoms with Crippen molar-refractivity contribution in [3.05, 3.63) is 17.5 Å². The minimum atomic E-state index is -0.430. The van der Waals surface area contributed by atoms with Crippen molar-refractivity contribution in [2.24, 2.45) is 13.0 Å². The Morgan fingerprint density at radius 3 is 3.00 bits per heavy atom. The molecular formula is C13H23N3O2. The van der Waals surface area contributed by atoms with Crippen molar-refractivity contribution < 1.29 is 9.84 Å². The largest absolute Gasteiger partial charge is 0.389 e. The summed E-state index contributed by atoms with van der Waals surface area (Å²) in [5.41, 5.74) is 2.32. The Kier molecular flexibility index (Phi) is 4.74. The smallest absolute Gasteiger partial charge is 0.0897 e. The maximum Gasteiger partial charge on any atom is 0.0897 e. The van der Waals surface area contributed by atoms with Gasteiger partial charge >= 0.3 is 0 Å². The summed E-state index contributed by atoms with van der Waals surface area (Å²) in [6.45, 7) is 4.56. The van der Waals surface area contributed by atoms with Crippen molar-refractivity contribution in [3.63, 3.8) is 0 Å². The molecule has 0 aromatic carbocycles. The van der Waals surface area contributed by atoms with Gasteiger partial charge in [0.25, 0.3) is 0 Å². The molecule has 1 unspecified atom stereocenters. The number of nitrogens with zero attached hydrogens (tertiary/aromatic N) is 2. The van der Waals surface area contributed by atoms with E-state index in [1.807, 2.05) is 24.9 Å². The minimum Gasteiger partial charge on any atom is -0.389 e. The maximum absolute atomic E-state index is 9.73. The van der Waals surface area contributed by atoms with Crippen molar-refractivity contribution in [1.29, 1.82) is 0 Å². The molecule has 5 heteroatoms. The Morgan fingerprint density at radius 2 is 2.39 bits per heavy atom. The van der Waals surface area contributed by atoms with E-state index in [9.17, 15) is 5.11 Å². The Labute approximate surface area is 108 Å². The highest BCUT2D eigenvalue weighted by Crippen LogP contribution is 2.28. The summed E-state index contributed by atoms with van der Waals surface area (Å²) in [6.07, 6.45) is 4.00. The highest BCUT2D eigenvalue weighted by molar-refractivity contribution is 5.15. The fraction of sp³-hybridized carbons (Fsp3) is 0.769. The van der Waals surface area contributed by atoms with Gasteiger partial charge in [-0.1, -0.05) is 0 Å². The van der Waals surface area contributed by atoms with Gasteiger partial charge in [0.05, 0.1) is 18.9 Å². The van der Waals surface area contributed by atoms with E-state index in [2.05, 4.69) is 10.4 Å². The lowest BCUT2D eigenvalue weighted by molar-refractivity contribution is 0.0324. The van der Waals surface area contributed by atoms with Gasteiger partial charge in [-0.3, -0.25) is 4.68 Å². The van der Waals surface area contributed by atoms with Crippen LogP contribution >= 0.6 is 0 Å². The predicted octanol–water partition coefficient (Wildman–Crippen LogP) is 0.606. The highest BCUT2D eigenvalue weighted by atomic mass is 16.5. The predicted molar refractivity (Wildman–Crippen MR) is 69.2 cm³/mol. The van der Waals surface area contributed by atoms with Crippen molar-refractivity contribution in [1.82, 2.24) is 15.1 Å². The van der Waals surface area contributed by atoms with Gasteiger partial charge in [0.2, 0.25) is 0 Å². The molecule has 1 saturated carbocycles. The van der Waals surface area contributed by atoms with Crippen LogP contribution in [0.5, 0.6) is 0 Å². The molecule has 18 heavy (non-hydrogen) atoms. The minimum absolute atomic E-state index is 0.426. The third kappa shape index (κ3) is 4.08. The number of nitrogens with one attached hydrogen (secondary N) is 1. The lowest BCUT2D eigenvalue weighted by atomic mass is 10.2. The quantitative estimate of drug-likeness (QED) is 0.712. The van der Waals surface area contributed by atoms with E-state index in [4.69, 9.17) is 4.74 Å². The van der Waals surface area contributed by atoms with Gasteiger partial charge in [0.15, 0.2) is 0 Å². The lowest BCUT2D eigenvalue weighted by Crippen LogP contribution is -2.30. The van der Waals surface area contributed by atoms with E-state index in [1.54, 1.807) is 0 Å². The molecule has 1 aliphatic rings. The van der Waals surface area contributed by atoms with E-state index in [0.29, 0.717) is 13.2 Å². The average molecular weight is 253 g/mol. The highest BCUT2D eigenvalue weighted by Gasteiger charge is 2.21. The monoisotopic (exact) mass is 253 g/mol. The molecule has 0 saturated heterocycles.